The average molecular weight is 285 g/mol. The normalized spacial score (nSPS) is 10.6. The van der Waals surface area contributed by atoms with Gasteiger partial charge in [-0.1, -0.05) is 0 Å². The molecule has 0 saturated carbocycles. The van der Waals surface area contributed by atoms with Crippen LogP contribution in [0.5, 0.6) is 0 Å². The Morgan fingerprint density at radius 3 is 2.80 bits per heavy atom. The maximum atomic E-state index is 4.30. The van der Waals surface area contributed by atoms with Crippen LogP contribution in [-0.4, -0.2) is 20.2 Å². The summed E-state index contributed by atoms with van der Waals surface area (Å²) < 4.78 is 0.968. The first-order valence-corrected chi connectivity index (χ1v) is 5.95. The van der Waals surface area contributed by atoms with E-state index in [-0.39, 0.29) is 0 Å². The Morgan fingerprint density at radius 1 is 1.40 bits per heavy atom. The van der Waals surface area contributed by atoms with Gasteiger partial charge in [0, 0.05) is 6.20 Å². The third-order valence-electron chi connectivity index (χ3n) is 1.71. The summed E-state index contributed by atoms with van der Waals surface area (Å²) in [6.07, 6.45) is 1.83. The fourth-order valence-corrected chi connectivity index (χ4v) is 2.47. The summed E-state index contributed by atoms with van der Waals surface area (Å²) >= 11 is 4.89. The van der Waals surface area contributed by atoms with Gasteiger partial charge in [0.05, 0.1) is 4.47 Å². The molecule has 0 unspecified atom stereocenters. The van der Waals surface area contributed by atoms with Gasteiger partial charge in [0.1, 0.15) is 10.9 Å². The summed E-state index contributed by atoms with van der Waals surface area (Å²) in [5.41, 5.74) is 1.12. The Morgan fingerprint density at radius 2 is 2.20 bits per heavy atom. The van der Waals surface area contributed by atoms with Crippen molar-refractivity contribution in [3.8, 4) is 0 Å². The molecule has 1 N–H and O–H groups in total. The first kappa shape index (κ1) is 10.6. The van der Waals surface area contributed by atoms with E-state index >= 15 is 0 Å². The number of nitrogens with one attached hydrogen (secondary N) is 1. The monoisotopic (exact) mass is 284 g/mol. The molecule has 0 spiro atoms. The lowest BCUT2D eigenvalue weighted by Gasteiger charge is -2.00. The zero-order valence-electron chi connectivity index (χ0n) is 8.28. The number of H-pyrrole nitrogens is 1. The van der Waals surface area contributed by atoms with Crippen molar-refractivity contribution in [2.24, 2.45) is 0 Å². The summed E-state index contributed by atoms with van der Waals surface area (Å²) in [5.74, 6) is 0.806. The lowest BCUT2D eigenvalue weighted by Crippen LogP contribution is -1.85. The van der Waals surface area contributed by atoms with Crippen molar-refractivity contribution in [1.29, 1.82) is 0 Å². The van der Waals surface area contributed by atoms with Gasteiger partial charge in [-0.15, -0.1) is 5.10 Å². The van der Waals surface area contributed by atoms with Gasteiger partial charge in [0.2, 0.25) is 5.16 Å². The molecule has 0 aliphatic rings. The number of pyridine rings is 1. The highest BCUT2D eigenvalue weighted by molar-refractivity contribution is 9.10. The van der Waals surface area contributed by atoms with E-state index < -0.39 is 0 Å². The second-order valence-corrected chi connectivity index (χ2v) is 4.92. The van der Waals surface area contributed by atoms with Gasteiger partial charge < -0.3 is 0 Å². The van der Waals surface area contributed by atoms with Crippen LogP contribution in [0, 0.1) is 13.8 Å². The Bertz CT molecular complexity index is 483. The molecule has 0 aromatic carbocycles. The number of halogens is 1. The van der Waals surface area contributed by atoms with Crippen LogP contribution >= 0.6 is 27.7 Å². The molecule has 15 heavy (non-hydrogen) atoms. The first-order chi connectivity index (χ1) is 7.15. The number of hydrogen-bond donors (Lipinski definition) is 1. The van der Waals surface area contributed by atoms with Crippen molar-refractivity contribution in [3.05, 3.63) is 28.1 Å². The van der Waals surface area contributed by atoms with Gasteiger partial charge in [-0.05, 0) is 53.2 Å². The number of rotatable bonds is 2. The van der Waals surface area contributed by atoms with Crippen LogP contribution in [0.1, 0.15) is 11.4 Å². The smallest absolute Gasteiger partial charge is 0.214 e. The van der Waals surface area contributed by atoms with Crippen LogP contribution in [0.4, 0.5) is 0 Å². The zero-order valence-corrected chi connectivity index (χ0v) is 10.7. The molecule has 0 saturated heterocycles. The molecular weight excluding hydrogens is 276 g/mol. The summed E-state index contributed by atoms with van der Waals surface area (Å²) in [6, 6.07) is 2.02. The Labute approximate surface area is 100 Å². The second kappa shape index (κ2) is 4.32. The molecule has 78 valence electrons. The molecule has 0 bridgehead atoms. The standard InChI is InChI=1S/C9H9BrN4S/c1-5-3-7(10)8(11-4-5)15-9-12-6(2)13-14-9/h3-4H,1-2H3,(H,12,13,14). The van der Waals surface area contributed by atoms with E-state index in [1.807, 2.05) is 26.1 Å². The van der Waals surface area contributed by atoms with Crippen LogP contribution in [0.3, 0.4) is 0 Å². The first-order valence-electron chi connectivity index (χ1n) is 4.34. The molecule has 0 fully saturated rings. The van der Waals surface area contributed by atoms with Crippen molar-refractivity contribution in [2.75, 3.05) is 0 Å². The van der Waals surface area contributed by atoms with E-state index in [4.69, 9.17) is 0 Å². The highest BCUT2D eigenvalue weighted by Gasteiger charge is 2.07. The molecule has 0 aliphatic heterocycles. The van der Waals surface area contributed by atoms with E-state index in [1.165, 1.54) is 11.8 Å². The van der Waals surface area contributed by atoms with Crippen molar-refractivity contribution in [1.82, 2.24) is 20.2 Å². The number of aromatic nitrogens is 4. The van der Waals surface area contributed by atoms with Gasteiger partial charge in [0.25, 0.3) is 0 Å². The quantitative estimate of drug-likeness (QED) is 0.921. The van der Waals surface area contributed by atoms with Crippen LogP contribution in [0.2, 0.25) is 0 Å². The number of hydrogen-bond acceptors (Lipinski definition) is 4. The fraction of sp³-hybridized carbons (Fsp3) is 0.222. The lowest BCUT2D eigenvalue weighted by molar-refractivity contribution is 0.962. The molecule has 6 heteroatoms. The predicted octanol–water partition coefficient (Wildman–Crippen LogP) is 2.73. The van der Waals surface area contributed by atoms with E-state index in [0.29, 0.717) is 5.16 Å². The molecule has 2 aromatic heterocycles. The minimum absolute atomic E-state index is 0.685. The summed E-state index contributed by atoms with van der Waals surface area (Å²) in [7, 11) is 0. The molecule has 4 nitrogen and oxygen atoms in total. The van der Waals surface area contributed by atoms with Crippen LogP contribution < -0.4 is 0 Å². The highest BCUT2D eigenvalue weighted by Crippen LogP contribution is 2.29. The number of nitrogens with zero attached hydrogens (tertiary/aromatic N) is 3. The van der Waals surface area contributed by atoms with E-state index in [1.54, 1.807) is 0 Å². The minimum Gasteiger partial charge on any atom is -0.262 e. The fourth-order valence-electron chi connectivity index (χ4n) is 1.05. The Kier molecular flexibility index (Phi) is 3.06. The second-order valence-electron chi connectivity index (χ2n) is 3.11. The van der Waals surface area contributed by atoms with Gasteiger partial charge in [0.15, 0.2) is 0 Å². The largest absolute Gasteiger partial charge is 0.262 e. The molecule has 0 amide bonds. The van der Waals surface area contributed by atoms with Crippen LogP contribution in [0.25, 0.3) is 0 Å². The van der Waals surface area contributed by atoms with Gasteiger partial charge in [-0.2, -0.15) is 0 Å². The summed E-state index contributed by atoms with van der Waals surface area (Å²) in [5, 5.41) is 8.39. The number of aromatic amines is 1. The van der Waals surface area contributed by atoms with E-state index in [2.05, 4.69) is 36.1 Å². The van der Waals surface area contributed by atoms with Crippen molar-refractivity contribution in [2.45, 2.75) is 24.0 Å². The van der Waals surface area contributed by atoms with E-state index in [9.17, 15) is 0 Å². The predicted molar refractivity (Wildman–Crippen MR) is 61.9 cm³/mol. The SMILES string of the molecule is Cc1cnc(Sc2n[nH]c(C)n2)c(Br)c1. The molecule has 2 rings (SSSR count). The third-order valence-corrected chi connectivity index (χ3v) is 3.46. The van der Waals surface area contributed by atoms with Crippen molar-refractivity contribution in [3.63, 3.8) is 0 Å². The zero-order chi connectivity index (χ0) is 10.8. The summed E-state index contributed by atoms with van der Waals surface area (Å²) in [4.78, 5) is 8.51. The lowest BCUT2D eigenvalue weighted by atomic mass is 10.3. The Balaban J connectivity index is 2.24. The van der Waals surface area contributed by atoms with Gasteiger partial charge in [-0.25, -0.2) is 9.97 Å². The molecular formula is C9H9BrN4S. The minimum atomic E-state index is 0.685. The molecule has 0 atom stereocenters. The maximum absolute atomic E-state index is 4.30. The van der Waals surface area contributed by atoms with Gasteiger partial charge in [-0.3, -0.25) is 5.10 Å². The summed E-state index contributed by atoms with van der Waals surface area (Å²) in [6.45, 7) is 3.87. The third kappa shape index (κ3) is 2.57. The molecule has 2 aromatic rings. The number of aryl methyl sites for hydroxylation is 2. The van der Waals surface area contributed by atoms with Crippen molar-refractivity contribution >= 4 is 27.7 Å². The van der Waals surface area contributed by atoms with E-state index in [0.717, 1.165) is 20.9 Å². The van der Waals surface area contributed by atoms with Crippen LogP contribution in [-0.2, 0) is 0 Å². The van der Waals surface area contributed by atoms with Gasteiger partial charge >= 0.3 is 0 Å². The Hall–Kier alpha value is -0.880. The molecule has 0 aliphatic carbocycles. The topological polar surface area (TPSA) is 54.5 Å². The molecule has 2 heterocycles. The van der Waals surface area contributed by atoms with Crippen LogP contribution in [0.15, 0.2) is 26.9 Å². The van der Waals surface area contributed by atoms with Crippen molar-refractivity contribution < 1.29 is 0 Å². The maximum Gasteiger partial charge on any atom is 0.214 e. The average Bonchev–Trinajstić information content (AvgIpc) is 2.56. The highest BCUT2D eigenvalue weighted by atomic mass is 79.9. The molecule has 0 radical (unpaired) electrons.